The van der Waals surface area contributed by atoms with Crippen molar-refractivity contribution in [2.75, 3.05) is 0 Å². The van der Waals surface area contributed by atoms with Gasteiger partial charge >= 0.3 is 6.18 Å². The lowest BCUT2D eigenvalue weighted by atomic mass is 9.91. The molecule has 2 atom stereocenters. The molecule has 0 heterocycles. The molecule has 0 aromatic carbocycles. The van der Waals surface area contributed by atoms with E-state index in [-0.39, 0.29) is 12.1 Å². The van der Waals surface area contributed by atoms with Crippen molar-refractivity contribution in [3.63, 3.8) is 0 Å². The van der Waals surface area contributed by atoms with Crippen LogP contribution in [-0.4, -0.2) is 24.2 Å². The van der Waals surface area contributed by atoms with E-state index in [9.17, 15) is 18.0 Å². The van der Waals surface area contributed by atoms with Crippen LogP contribution >= 0.6 is 0 Å². The van der Waals surface area contributed by atoms with E-state index < -0.39 is 18.5 Å². The first-order chi connectivity index (χ1) is 6.87. The lowest BCUT2D eigenvalue weighted by Gasteiger charge is -2.27. The number of halogens is 3. The molecule has 3 N–H and O–H groups in total. The van der Waals surface area contributed by atoms with E-state index in [1.807, 2.05) is 0 Å². The maximum atomic E-state index is 11.9. The molecule has 1 saturated carbocycles. The highest BCUT2D eigenvalue weighted by Gasteiger charge is 2.32. The Morgan fingerprint density at radius 3 is 2.60 bits per heavy atom. The normalized spacial score (nSPS) is 27.5. The highest BCUT2D eigenvalue weighted by Crippen LogP contribution is 2.21. The molecule has 0 spiro atoms. The molecule has 1 aliphatic carbocycles. The number of nitrogens with two attached hydrogens (primary N) is 1. The summed E-state index contributed by atoms with van der Waals surface area (Å²) in [5.41, 5.74) is 5.65. The number of rotatable bonds is 2. The van der Waals surface area contributed by atoms with E-state index in [1.54, 1.807) is 0 Å². The molecular weight excluding hydrogens is 209 g/mol. The largest absolute Gasteiger partial charge is 0.397 e. The van der Waals surface area contributed by atoms with Crippen molar-refractivity contribution < 1.29 is 18.0 Å². The fraction of sp³-hybridized carbons (Fsp3) is 0.889. The van der Waals surface area contributed by atoms with E-state index in [2.05, 4.69) is 5.32 Å². The Morgan fingerprint density at radius 2 is 2.07 bits per heavy atom. The molecule has 0 radical (unpaired) electrons. The Kier molecular flexibility index (Phi) is 3.96. The minimum atomic E-state index is -4.43. The maximum absolute atomic E-state index is 11.9. The van der Waals surface area contributed by atoms with Crippen LogP contribution in [0.2, 0.25) is 0 Å². The zero-order chi connectivity index (χ0) is 11.5. The van der Waals surface area contributed by atoms with Crippen LogP contribution in [0.5, 0.6) is 0 Å². The van der Waals surface area contributed by atoms with Gasteiger partial charge in [-0.15, -0.1) is 0 Å². The smallest absolute Gasteiger partial charge is 0.353 e. The monoisotopic (exact) mass is 224 g/mol. The fourth-order valence-corrected chi connectivity index (χ4v) is 1.82. The van der Waals surface area contributed by atoms with Gasteiger partial charge in [-0.25, -0.2) is 0 Å². The van der Waals surface area contributed by atoms with Crippen LogP contribution in [-0.2, 0) is 4.79 Å². The van der Waals surface area contributed by atoms with Gasteiger partial charge in [-0.05, 0) is 25.7 Å². The number of carbonyl (C=O) groups excluding carboxylic acids is 1. The topological polar surface area (TPSA) is 55.1 Å². The third-order valence-electron chi connectivity index (χ3n) is 2.44. The molecule has 0 aromatic heterocycles. The van der Waals surface area contributed by atoms with Crippen molar-refractivity contribution in [1.82, 2.24) is 5.32 Å². The Hall–Kier alpha value is -0.780. The van der Waals surface area contributed by atoms with Crippen molar-refractivity contribution >= 4 is 5.91 Å². The molecule has 1 aliphatic rings. The SMILES string of the molecule is NC1CCCC(NC(=O)CC(F)(F)F)C1. The maximum Gasteiger partial charge on any atom is 0.397 e. The van der Waals surface area contributed by atoms with Crippen molar-refractivity contribution in [1.29, 1.82) is 0 Å². The molecule has 6 heteroatoms. The second kappa shape index (κ2) is 4.83. The van der Waals surface area contributed by atoms with Gasteiger partial charge in [-0.1, -0.05) is 0 Å². The Balaban J connectivity index is 2.31. The van der Waals surface area contributed by atoms with E-state index in [1.165, 1.54) is 0 Å². The molecule has 2 unspecified atom stereocenters. The average molecular weight is 224 g/mol. The van der Waals surface area contributed by atoms with Gasteiger partial charge in [0.25, 0.3) is 0 Å². The zero-order valence-electron chi connectivity index (χ0n) is 8.31. The van der Waals surface area contributed by atoms with E-state index in [4.69, 9.17) is 5.73 Å². The van der Waals surface area contributed by atoms with E-state index in [0.29, 0.717) is 6.42 Å². The molecule has 88 valence electrons. The molecule has 15 heavy (non-hydrogen) atoms. The zero-order valence-corrected chi connectivity index (χ0v) is 8.31. The van der Waals surface area contributed by atoms with Crippen LogP contribution in [0.4, 0.5) is 13.2 Å². The summed E-state index contributed by atoms with van der Waals surface area (Å²) in [6.07, 6.45) is -2.80. The molecule has 0 bridgehead atoms. The molecule has 0 aliphatic heterocycles. The summed E-state index contributed by atoms with van der Waals surface area (Å²) >= 11 is 0. The van der Waals surface area contributed by atoms with Crippen molar-refractivity contribution in [2.45, 2.75) is 50.4 Å². The first-order valence-electron chi connectivity index (χ1n) is 4.98. The number of amides is 1. The second-order valence-electron chi connectivity index (χ2n) is 3.98. The van der Waals surface area contributed by atoms with Crippen molar-refractivity contribution in [3.8, 4) is 0 Å². The molecule has 0 saturated heterocycles. The van der Waals surface area contributed by atoms with Crippen molar-refractivity contribution in [3.05, 3.63) is 0 Å². The molecule has 3 nitrogen and oxygen atoms in total. The molecule has 0 aromatic rings. The van der Waals surface area contributed by atoms with Crippen LogP contribution in [0.15, 0.2) is 0 Å². The highest BCUT2D eigenvalue weighted by molar-refractivity contribution is 5.76. The van der Waals surface area contributed by atoms with Crippen LogP contribution < -0.4 is 11.1 Å². The summed E-state index contributed by atoms with van der Waals surface area (Å²) in [6.45, 7) is 0. The second-order valence-corrected chi connectivity index (χ2v) is 3.98. The summed E-state index contributed by atoms with van der Waals surface area (Å²) in [4.78, 5) is 11.0. The first kappa shape index (κ1) is 12.3. The van der Waals surface area contributed by atoms with Gasteiger partial charge in [-0.3, -0.25) is 4.79 Å². The predicted octanol–water partition coefficient (Wildman–Crippen LogP) is 1.32. The Morgan fingerprint density at radius 1 is 1.40 bits per heavy atom. The van der Waals surface area contributed by atoms with Gasteiger partial charge in [0.15, 0.2) is 0 Å². The summed E-state index contributed by atoms with van der Waals surface area (Å²) < 4.78 is 35.6. The number of nitrogens with one attached hydrogen (secondary N) is 1. The van der Waals surface area contributed by atoms with Gasteiger partial charge in [0.2, 0.25) is 5.91 Å². The standard InChI is InChI=1S/C9H15F3N2O/c10-9(11,12)5-8(15)14-7-3-1-2-6(13)4-7/h6-7H,1-5,13H2,(H,14,15). The third-order valence-corrected chi connectivity index (χ3v) is 2.44. The molecule has 1 amide bonds. The van der Waals surface area contributed by atoms with Crippen LogP contribution in [0.25, 0.3) is 0 Å². The summed E-state index contributed by atoms with van der Waals surface area (Å²) in [7, 11) is 0. The molecule has 1 rings (SSSR count). The van der Waals surface area contributed by atoms with Crippen LogP contribution in [0.3, 0.4) is 0 Å². The number of hydrogen-bond acceptors (Lipinski definition) is 2. The Labute approximate surface area is 86.2 Å². The molecular formula is C9H15F3N2O. The molecule has 1 fully saturated rings. The van der Waals surface area contributed by atoms with Gasteiger partial charge in [0.05, 0.1) is 0 Å². The summed E-state index contributed by atoms with van der Waals surface area (Å²) in [6, 6.07) is -0.196. The first-order valence-corrected chi connectivity index (χ1v) is 4.98. The van der Waals surface area contributed by atoms with Gasteiger partial charge in [-0.2, -0.15) is 13.2 Å². The van der Waals surface area contributed by atoms with Crippen molar-refractivity contribution in [2.24, 2.45) is 5.73 Å². The van der Waals surface area contributed by atoms with Crippen LogP contribution in [0, 0.1) is 0 Å². The van der Waals surface area contributed by atoms with E-state index in [0.717, 1.165) is 19.3 Å². The highest BCUT2D eigenvalue weighted by atomic mass is 19.4. The predicted molar refractivity (Wildman–Crippen MR) is 49.0 cm³/mol. The number of hydrogen-bond donors (Lipinski definition) is 2. The fourth-order valence-electron chi connectivity index (χ4n) is 1.82. The van der Waals surface area contributed by atoms with E-state index >= 15 is 0 Å². The summed E-state index contributed by atoms with van der Waals surface area (Å²) in [5, 5.41) is 2.37. The third kappa shape index (κ3) is 5.01. The quantitative estimate of drug-likeness (QED) is 0.743. The number of carbonyl (C=O) groups is 1. The Bertz CT molecular complexity index is 230. The van der Waals surface area contributed by atoms with Gasteiger partial charge in [0, 0.05) is 12.1 Å². The lowest BCUT2D eigenvalue weighted by molar-refractivity contribution is -0.154. The minimum absolute atomic E-state index is 0.00469. The lowest BCUT2D eigenvalue weighted by Crippen LogP contribution is -2.43. The van der Waals surface area contributed by atoms with Gasteiger partial charge in [0.1, 0.15) is 6.42 Å². The average Bonchev–Trinajstić information content (AvgIpc) is 1.99. The van der Waals surface area contributed by atoms with Crippen LogP contribution in [0.1, 0.15) is 32.1 Å². The minimum Gasteiger partial charge on any atom is -0.353 e. The van der Waals surface area contributed by atoms with Gasteiger partial charge < -0.3 is 11.1 Å². The summed E-state index contributed by atoms with van der Waals surface area (Å²) in [5.74, 6) is -0.957. The number of alkyl halides is 3.